The van der Waals surface area contributed by atoms with Gasteiger partial charge in [0.1, 0.15) is 0 Å². The molecule has 3 nitrogen and oxygen atoms in total. The van der Waals surface area contributed by atoms with Crippen LogP contribution in [0.15, 0.2) is 249 Å². The summed E-state index contributed by atoms with van der Waals surface area (Å²) >= 11 is 0. The van der Waals surface area contributed by atoms with Gasteiger partial charge in [-0.05, 0) is 139 Å². The van der Waals surface area contributed by atoms with Gasteiger partial charge in [-0.25, -0.2) is 4.98 Å². The topological polar surface area (TPSA) is 19.4 Å². The van der Waals surface area contributed by atoms with Crippen molar-refractivity contribution in [2.45, 2.75) is 38.5 Å². The third-order valence-corrected chi connectivity index (χ3v) is 16.2. The SMILES string of the molecule is CC1(C)c2ccccc2-c2ccc(N(c3ccc(-c4cc(-c5ccccc5)c5cc(N(c6ccc7c(c6)C(C)(C)c6ccccc6-7)c6cccc7ccccc67)ccc5n4)cc3)c3cccc4ccccc34)cc21. The Bertz CT molecular complexity index is 4190. The Kier molecular flexibility index (Phi) is 9.90. The molecule has 11 aromatic carbocycles. The minimum absolute atomic E-state index is 0.130. The second kappa shape index (κ2) is 16.8. The van der Waals surface area contributed by atoms with Crippen molar-refractivity contribution >= 4 is 66.6 Å². The molecule has 0 radical (unpaired) electrons. The summed E-state index contributed by atoms with van der Waals surface area (Å²) in [5, 5.41) is 5.91. The van der Waals surface area contributed by atoms with Crippen molar-refractivity contribution in [1.82, 2.24) is 4.98 Å². The van der Waals surface area contributed by atoms with E-state index in [0.29, 0.717) is 0 Å². The zero-order chi connectivity index (χ0) is 49.7. The molecule has 0 atom stereocenters. The van der Waals surface area contributed by atoms with Crippen LogP contribution in [0.5, 0.6) is 0 Å². The molecule has 2 aliphatic carbocycles. The largest absolute Gasteiger partial charge is 0.310 e. The number of hydrogen-bond donors (Lipinski definition) is 0. The molecular weight excluding hydrogens is 895 g/mol. The lowest BCUT2D eigenvalue weighted by atomic mass is 9.82. The van der Waals surface area contributed by atoms with Gasteiger partial charge in [-0.15, -0.1) is 0 Å². The Balaban J connectivity index is 0.903. The van der Waals surface area contributed by atoms with Gasteiger partial charge in [-0.3, -0.25) is 0 Å². The molecule has 0 saturated carbocycles. The van der Waals surface area contributed by atoms with E-state index in [-0.39, 0.29) is 10.8 Å². The van der Waals surface area contributed by atoms with Crippen LogP contribution in [0.4, 0.5) is 34.1 Å². The smallest absolute Gasteiger partial charge is 0.0717 e. The molecule has 0 spiro atoms. The summed E-state index contributed by atoms with van der Waals surface area (Å²) in [5.41, 5.74) is 22.3. The highest BCUT2D eigenvalue weighted by Gasteiger charge is 2.37. The standard InChI is InChI=1S/C71H53N3/c1-70(2)62-28-14-12-26-56(62)58-39-36-52(43-64(58)70)73(68-30-16-22-46-20-8-10-24-54(46)68)50-34-32-49(33-35-50)67-45-60(48-18-6-5-7-19-48)61-42-51(38-41-66(61)72-67)74(69-31-17-23-47-21-9-11-25-55(47)69)53-37-40-59-57-27-13-15-29-63(57)71(3,4)65(59)44-53/h5-45H,1-4H3. The number of benzene rings is 11. The van der Waals surface area contributed by atoms with Crippen molar-refractivity contribution in [2.24, 2.45) is 0 Å². The normalized spacial score (nSPS) is 13.6. The quantitative estimate of drug-likeness (QED) is 0.151. The molecule has 74 heavy (non-hydrogen) atoms. The predicted octanol–water partition coefficient (Wildman–Crippen LogP) is 19.4. The number of hydrogen-bond acceptors (Lipinski definition) is 3. The van der Waals surface area contributed by atoms with Gasteiger partial charge < -0.3 is 9.80 Å². The maximum atomic E-state index is 5.49. The number of nitrogens with zero attached hydrogens (tertiary/aromatic N) is 3. The molecular formula is C71H53N3. The van der Waals surface area contributed by atoms with Gasteiger partial charge in [0.25, 0.3) is 0 Å². The highest BCUT2D eigenvalue weighted by Crippen LogP contribution is 2.53. The molecule has 0 aliphatic heterocycles. The van der Waals surface area contributed by atoms with E-state index < -0.39 is 0 Å². The van der Waals surface area contributed by atoms with E-state index >= 15 is 0 Å². The molecule has 3 heteroatoms. The molecule has 0 bridgehead atoms. The lowest BCUT2D eigenvalue weighted by molar-refractivity contribution is 0.660. The Labute approximate surface area is 433 Å². The molecule has 1 heterocycles. The monoisotopic (exact) mass is 947 g/mol. The van der Waals surface area contributed by atoms with Crippen molar-refractivity contribution in [1.29, 1.82) is 0 Å². The van der Waals surface area contributed by atoms with Gasteiger partial charge in [0.15, 0.2) is 0 Å². The molecule has 0 unspecified atom stereocenters. The van der Waals surface area contributed by atoms with Crippen molar-refractivity contribution in [2.75, 3.05) is 9.80 Å². The van der Waals surface area contributed by atoms with Crippen LogP contribution in [-0.4, -0.2) is 4.98 Å². The zero-order valence-corrected chi connectivity index (χ0v) is 42.0. The number of rotatable bonds is 8. The van der Waals surface area contributed by atoms with E-state index in [1.54, 1.807) is 0 Å². The minimum Gasteiger partial charge on any atom is -0.310 e. The number of anilines is 6. The summed E-state index contributed by atoms with van der Waals surface area (Å²) in [4.78, 5) is 10.4. The van der Waals surface area contributed by atoms with Crippen molar-refractivity contribution in [3.63, 3.8) is 0 Å². The summed E-state index contributed by atoms with van der Waals surface area (Å²) in [6, 6.07) is 91.5. The molecule has 2 aliphatic rings. The third-order valence-electron chi connectivity index (χ3n) is 16.2. The Morgan fingerprint density at radius 3 is 1.32 bits per heavy atom. The fourth-order valence-electron chi connectivity index (χ4n) is 12.5. The highest BCUT2D eigenvalue weighted by atomic mass is 15.1. The van der Waals surface area contributed by atoms with Crippen LogP contribution in [-0.2, 0) is 10.8 Å². The van der Waals surface area contributed by atoms with E-state index in [2.05, 4.69) is 286 Å². The molecule has 352 valence electrons. The van der Waals surface area contributed by atoms with Crippen LogP contribution >= 0.6 is 0 Å². The lowest BCUT2D eigenvalue weighted by Crippen LogP contribution is -2.16. The first kappa shape index (κ1) is 43.7. The second-order valence-corrected chi connectivity index (χ2v) is 21.1. The van der Waals surface area contributed by atoms with Crippen molar-refractivity contribution in [3.05, 3.63) is 271 Å². The first-order chi connectivity index (χ1) is 36.2. The van der Waals surface area contributed by atoms with E-state index in [0.717, 1.165) is 67.4 Å². The summed E-state index contributed by atoms with van der Waals surface area (Å²) in [5.74, 6) is 0. The van der Waals surface area contributed by atoms with Gasteiger partial charge in [-0.1, -0.05) is 204 Å². The fraction of sp³-hybridized carbons (Fsp3) is 0.0845. The molecule has 1 aromatic heterocycles. The fourth-order valence-corrected chi connectivity index (χ4v) is 12.5. The van der Waals surface area contributed by atoms with Crippen LogP contribution in [0, 0.1) is 0 Å². The minimum atomic E-state index is -0.144. The Morgan fingerprint density at radius 2 is 0.743 bits per heavy atom. The second-order valence-electron chi connectivity index (χ2n) is 21.1. The summed E-state index contributed by atoms with van der Waals surface area (Å²) in [6.07, 6.45) is 0. The average Bonchev–Trinajstić information content (AvgIpc) is 3.87. The van der Waals surface area contributed by atoms with Crippen molar-refractivity contribution in [3.8, 4) is 44.6 Å². The van der Waals surface area contributed by atoms with E-state index in [1.807, 2.05) is 0 Å². The lowest BCUT2D eigenvalue weighted by Gasteiger charge is -2.29. The first-order valence-corrected chi connectivity index (χ1v) is 25.9. The summed E-state index contributed by atoms with van der Waals surface area (Å²) < 4.78 is 0. The third kappa shape index (κ3) is 6.84. The van der Waals surface area contributed by atoms with Gasteiger partial charge in [-0.2, -0.15) is 0 Å². The molecule has 0 saturated heterocycles. The van der Waals surface area contributed by atoms with Crippen LogP contribution < -0.4 is 9.80 Å². The molecule has 0 N–H and O–H groups in total. The van der Waals surface area contributed by atoms with E-state index in [9.17, 15) is 0 Å². The predicted molar refractivity (Wildman–Crippen MR) is 312 cm³/mol. The van der Waals surface area contributed by atoms with Crippen LogP contribution in [0.1, 0.15) is 49.9 Å². The summed E-state index contributed by atoms with van der Waals surface area (Å²) in [6.45, 7) is 9.43. The van der Waals surface area contributed by atoms with Gasteiger partial charge in [0, 0.05) is 55.3 Å². The van der Waals surface area contributed by atoms with Crippen LogP contribution in [0.3, 0.4) is 0 Å². The highest BCUT2D eigenvalue weighted by molar-refractivity contribution is 6.04. The number of fused-ring (bicyclic) bond motifs is 9. The van der Waals surface area contributed by atoms with Crippen molar-refractivity contribution < 1.29 is 0 Å². The van der Waals surface area contributed by atoms with Gasteiger partial charge in [0.05, 0.1) is 22.6 Å². The summed E-state index contributed by atoms with van der Waals surface area (Å²) in [7, 11) is 0. The number of aromatic nitrogens is 1. The molecule has 14 rings (SSSR count). The van der Waals surface area contributed by atoms with Gasteiger partial charge in [0.2, 0.25) is 0 Å². The van der Waals surface area contributed by atoms with E-state index in [4.69, 9.17) is 4.98 Å². The zero-order valence-electron chi connectivity index (χ0n) is 42.0. The van der Waals surface area contributed by atoms with Crippen LogP contribution in [0.2, 0.25) is 0 Å². The molecule has 12 aromatic rings. The molecule has 0 fully saturated rings. The number of pyridine rings is 1. The van der Waals surface area contributed by atoms with Crippen LogP contribution in [0.25, 0.3) is 77.1 Å². The first-order valence-electron chi connectivity index (χ1n) is 25.9. The Hall–Kier alpha value is -9.05. The Morgan fingerprint density at radius 1 is 0.297 bits per heavy atom. The maximum absolute atomic E-state index is 5.49. The maximum Gasteiger partial charge on any atom is 0.0717 e. The molecule has 0 amide bonds. The van der Waals surface area contributed by atoms with Gasteiger partial charge >= 0.3 is 0 Å². The van der Waals surface area contributed by atoms with E-state index in [1.165, 1.54) is 66.1 Å². The average molecular weight is 948 g/mol.